The molecule has 1 aromatic carbocycles. The molecule has 0 aliphatic heterocycles. The van der Waals surface area contributed by atoms with E-state index in [1.807, 2.05) is 24.3 Å². The molecule has 2 aromatic rings. The zero-order valence-corrected chi connectivity index (χ0v) is 14.5. The van der Waals surface area contributed by atoms with E-state index in [1.165, 1.54) is 0 Å². The number of alkyl halides is 2. The number of carbonyl (C=O) groups is 1. The Labute approximate surface area is 145 Å². The highest BCUT2D eigenvalue weighted by molar-refractivity contribution is 6.50. The van der Waals surface area contributed by atoms with E-state index in [9.17, 15) is 4.79 Å². The third-order valence-corrected chi connectivity index (χ3v) is 5.04. The van der Waals surface area contributed by atoms with Gasteiger partial charge in [0.15, 0.2) is 0 Å². The first-order valence-electron chi connectivity index (χ1n) is 7.64. The summed E-state index contributed by atoms with van der Waals surface area (Å²) in [5, 5.41) is 2.84. The van der Waals surface area contributed by atoms with Gasteiger partial charge in [0.1, 0.15) is 10.2 Å². The minimum Gasteiger partial charge on any atom is -0.352 e. The highest BCUT2D eigenvalue weighted by Gasteiger charge is 2.51. The number of hydrogen-bond acceptors (Lipinski definition) is 2. The van der Waals surface area contributed by atoms with Gasteiger partial charge < -0.3 is 9.88 Å². The minimum atomic E-state index is -0.614. The molecule has 4 nitrogen and oxygen atoms in total. The van der Waals surface area contributed by atoms with Crippen LogP contribution in [-0.4, -0.2) is 26.3 Å². The third kappa shape index (κ3) is 3.54. The van der Waals surface area contributed by atoms with E-state index in [-0.39, 0.29) is 11.8 Å². The first kappa shape index (κ1) is 16.3. The van der Waals surface area contributed by atoms with Crippen LogP contribution in [-0.2, 0) is 17.8 Å². The lowest BCUT2D eigenvalue weighted by atomic mass is 10.3. The van der Waals surface area contributed by atoms with Gasteiger partial charge in [0.25, 0.3) is 0 Å². The number of nitrogens with zero attached hydrogens (tertiary/aromatic N) is 2. The lowest BCUT2D eigenvalue weighted by Gasteiger charge is -2.10. The van der Waals surface area contributed by atoms with Crippen molar-refractivity contribution in [2.45, 2.75) is 30.6 Å². The van der Waals surface area contributed by atoms with Crippen molar-refractivity contribution in [1.82, 2.24) is 14.9 Å². The van der Waals surface area contributed by atoms with Crippen molar-refractivity contribution in [3.63, 3.8) is 0 Å². The lowest BCUT2D eigenvalue weighted by Crippen LogP contribution is -2.26. The largest absolute Gasteiger partial charge is 0.352 e. The highest BCUT2D eigenvalue weighted by Crippen LogP contribution is 2.54. The number of aromatic nitrogens is 2. The summed E-state index contributed by atoms with van der Waals surface area (Å²) in [6.45, 7) is 6.59. The Balaban J connectivity index is 1.78. The van der Waals surface area contributed by atoms with Crippen molar-refractivity contribution >= 4 is 40.1 Å². The SMILES string of the molecule is C=C(C)C(=O)NCCc1nc2ccccc2n1CC1CC1(Cl)Cl. The Morgan fingerprint density at radius 1 is 1.48 bits per heavy atom. The average molecular weight is 352 g/mol. The van der Waals surface area contributed by atoms with Crippen LogP contribution >= 0.6 is 23.2 Å². The van der Waals surface area contributed by atoms with Crippen molar-refractivity contribution in [2.24, 2.45) is 5.92 Å². The summed E-state index contributed by atoms with van der Waals surface area (Å²) in [6.07, 6.45) is 1.45. The molecule has 1 unspecified atom stereocenters. The van der Waals surface area contributed by atoms with Crippen LogP contribution in [0.1, 0.15) is 19.2 Å². The number of imidazole rings is 1. The maximum atomic E-state index is 11.6. The molecule has 0 radical (unpaired) electrons. The Kier molecular flexibility index (Phi) is 4.39. The Morgan fingerprint density at radius 2 is 2.17 bits per heavy atom. The summed E-state index contributed by atoms with van der Waals surface area (Å²) >= 11 is 12.3. The number of benzene rings is 1. The predicted octanol–water partition coefficient (Wildman–Crippen LogP) is 3.46. The fourth-order valence-corrected chi connectivity index (χ4v) is 3.16. The maximum Gasteiger partial charge on any atom is 0.246 e. The van der Waals surface area contributed by atoms with Gasteiger partial charge in [0, 0.05) is 31.0 Å². The molecule has 1 fully saturated rings. The van der Waals surface area contributed by atoms with Crippen LogP contribution in [0.5, 0.6) is 0 Å². The van der Waals surface area contributed by atoms with E-state index in [0.29, 0.717) is 18.5 Å². The molecule has 1 aromatic heterocycles. The van der Waals surface area contributed by atoms with E-state index in [2.05, 4.69) is 21.4 Å². The highest BCUT2D eigenvalue weighted by atomic mass is 35.5. The first-order chi connectivity index (χ1) is 10.9. The van der Waals surface area contributed by atoms with Crippen molar-refractivity contribution in [1.29, 1.82) is 0 Å². The molecule has 1 heterocycles. The summed E-state index contributed by atoms with van der Waals surface area (Å²) in [4.78, 5) is 16.3. The van der Waals surface area contributed by atoms with Crippen molar-refractivity contribution in [3.05, 3.63) is 42.2 Å². The number of fused-ring (bicyclic) bond motifs is 1. The van der Waals surface area contributed by atoms with Crippen LogP contribution < -0.4 is 5.32 Å². The summed E-state index contributed by atoms with van der Waals surface area (Å²) in [6, 6.07) is 8.00. The summed E-state index contributed by atoms with van der Waals surface area (Å²) in [7, 11) is 0. The third-order valence-electron chi connectivity index (χ3n) is 4.11. The van der Waals surface area contributed by atoms with Crippen LogP contribution in [0.15, 0.2) is 36.4 Å². The van der Waals surface area contributed by atoms with E-state index in [0.717, 1.165) is 29.8 Å². The van der Waals surface area contributed by atoms with E-state index in [4.69, 9.17) is 23.2 Å². The topological polar surface area (TPSA) is 46.9 Å². The van der Waals surface area contributed by atoms with Crippen LogP contribution in [0.4, 0.5) is 0 Å². The smallest absolute Gasteiger partial charge is 0.246 e. The van der Waals surface area contributed by atoms with Gasteiger partial charge in [-0.3, -0.25) is 4.79 Å². The van der Waals surface area contributed by atoms with Gasteiger partial charge in [-0.2, -0.15) is 0 Å². The number of amides is 1. The Morgan fingerprint density at radius 3 is 2.83 bits per heavy atom. The normalized spacial score (nSPS) is 18.8. The van der Waals surface area contributed by atoms with Crippen molar-refractivity contribution < 1.29 is 4.79 Å². The zero-order chi connectivity index (χ0) is 16.6. The first-order valence-corrected chi connectivity index (χ1v) is 8.40. The van der Waals surface area contributed by atoms with Gasteiger partial charge in [-0.15, -0.1) is 23.2 Å². The molecule has 23 heavy (non-hydrogen) atoms. The second-order valence-corrected chi connectivity index (χ2v) is 7.62. The van der Waals surface area contributed by atoms with Gasteiger partial charge in [0.05, 0.1) is 11.0 Å². The molecule has 1 saturated carbocycles. The molecule has 0 saturated heterocycles. The second-order valence-electron chi connectivity index (χ2n) is 6.08. The Bertz CT molecular complexity index is 766. The van der Waals surface area contributed by atoms with E-state index >= 15 is 0 Å². The quantitative estimate of drug-likeness (QED) is 0.639. The predicted molar refractivity (Wildman–Crippen MR) is 93.8 cm³/mol. The lowest BCUT2D eigenvalue weighted by molar-refractivity contribution is -0.117. The molecule has 122 valence electrons. The molecule has 1 aliphatic carbocycles. The number of para-hydroxylation sites is 2. The number of halogens is 2. The van der Waals surface area contributed by atoms with Gasteiger partial charge in [0.2, 0.25) is 5.91 Å². The summed E-state index contributed by atoms with van der Waals surface area (Å²) in [5.74, 6) is 1.05. The molecule has 1 N–H and O–H groups in total. The van der Waals surface area contributed by atoms with Gasteiger partial charge in [-0.05, 0) is 25.5 Å². The standard InChI is InChI=1S/C17H19Cl2N3O/c1-11(2)16(23)20-8-7-15-21-13-5-3-4-6-14(13)22(15)10-12-9-17(12,18)19/h3-6,12H,1,7-10H2,2H3,(H,20,23). The molecule has 6 heteroatoms. The number of carbonyl (C=O) groups excluding carboxylic acids is 1. The van der Waals surface area contributed by atoms with E-state index < -0.39 is 4.33 Å². The van der Waals surface area contributed by atoms with Crippen molar-refractivity contribution in [2.75, 3.05) is 6.54 Å². The molecule has 1 atom stereocenters. The number of nitrogens with one attached hydrogen (secondary N) is 1. The van der Waals surface area contributed by atoms with Crippen LogP contribution in [0.25, 0.3) is 11.0 Å². The molecule has 3 rings (SSSR count). The Hall–Kier alpha value is -1.52. The summed E-state index contributed by atoms with van der Waals surface area (Å²) in [5.41, 5.74) is 2.53. The maximum absolute atomic E-state index is 11.6. The van der Waals surface area contributed by atoms with Crippen LogP contribution in [0.3, 0.4) is 0 Å². The van der Waals surface area contributed by atoms with Crippen LogP contribution in [0, 0.1) is 5.92 Å². The van der Waals surface area contributed by atoms with Gasteiger partial charge in [-0.1, -0.05) is 18.7 Å². The fraction of sp³-hybridized carbons (Fsp3) is 0.412. The van der Waals surface area contributed by atoms with E-state index in [1.54, 1.807) is 6.92 Å². The molecule has 0 spiro atoms. The van der Waals surface area contributed by atoms with Gasteiger partial charge >= 0.3 is 0 Å². The second kappa shape index (κ2) is 6.17. The average Bonchev–Trinajstić information content (AvgIpc) is 2.95. The molecule has 1 aliphatic rings. The molecule has 1 amide bonds. The molecular weight excluding hydrogens is 333 g/mol. The van der Waals surface area contributed by atoms with Crippen molar-refractivity contribution in [3.8, 4) is 0 Å². The summed E-state index contributed by atoms with van der Waals surface area (Å²) < 4.78 is 1.55. The minimum absolute atomic E-state index is 0.129. The number of hydrogen-bond donors (Lipinski definition) is 1. The zero-order valence-electron chi connectivity index (χ0n) is 13.0. The number of rotatable bonds is 6. The monoisotopic (exact) mass is 351 g/mol. The molecular formula is C17H19Cl2N3O. The molecule has 0 bridgehead atoms. The fourth-order valence-electron chi connectivity index (χ4n) is 2.65. The van der Waals surface area contributed by atoms with Crippen LogP contribution in [0.2, 0.25) is 0 Å². The van der Waals surface area contributed by atoms with Gasteiger partial charge in [-0.25, -0.2) is 4.98 Å².